The van der Waals surface area contributed by atoms with Crippen LogP contribution in [0.5, 0.6) is 0 Å². The quantitative estimate of drug-likeness (QED) is 0.892. The zero-order valence-corrected chi connectivity index (χ0v) is 11.8. The van der Waals surface area contributed by atoms with Gasteiger partial charge >= 0.3 is 0 Å². The number of carbonyl (C=O) groups is 1. The molecule has 1 aliphatic rings. The maximum atomic E-state index is 11.7. The van der Waals surface area contributed by atoms with E-state index in [1.807, 2.05) is 30.1 Å². The van der Waals surface area contributed by atoms with Gasteiger partial charge in [-0.3, -0.25) is 4.79 Å². The molecule has 0 aromatic heterocycles. The third-order valence-corrected chi connectivity index (χ3v) is 3.86. The Kier molecular flexibility index (Phi) is 5.17. The van der Waals surface area contributed by atoms with E-state index in [4.69, 9.17) is 0 Å². The monoisotopic (exact) mass is 268 g/mol. The summed E-state index contributed by atoms with van der Waals surface area (Å²) in [4.78, 5) is 13.6. The van der Waals surface area contributed by atoms with E-state index in [1.165, 1.54) is 5.56 Å². The van der Waals surface area contributed by atoms with Crippen LogP contribution in [0.3, 0.4) is 0 Å². The van der Waals surface area contributed by atoms with Crippen LogP contribution in [0.1, 0.15) is 25.3 Å². The highest BCUT2D eigenvalue weighted by Gasteiger charge is 2.38. The topological polar surface area (TPSA) is 32.3 Å². The van der Waals surface area contributed by atoms with Gasteiger partial charge in [0.1, 0.15) is 0 Å². The van der Waals surface area contributed by atoms with Crippen molar-refractivity contribution in [2.75, 3.05) is 20.1 Å². The summed E-state index contributed by atoms with van der Waals surface area (Å²) in [5, 5.41) is 3.37. The van der Waals surface area contributed by atoms with Gasteiger partial charge in [0, 0.05) is 14.0 Å². The Morgan fingerprint density at radius 3 is 2.28 bits per heavy atom. The largest absolute Gasteiger partial charge is 0.336 e. The minimum atomic E-state index is -0.127. The van der Waals surface area contributed by atoms with Crippen LogP contribution in [0.15, 0.2) is 30.3 Å². The van der Waals surface area contributed by atoms with Gasteiger partial charge in [0.25, 0.3) is 0 Å². The van der Waals surface area contributed by atoms with Crippen molar-refractivity contribution < 1.29 is 4.79 Å². The van der Waals surface area contributed by atoms with Crippen molar-refractivity contribution in [2.24, 2.45) is 0 Å². The molecule has 1 aromatic carbocycles. The van der Waals surface area contributed by atoms with Crippen LogP contribution in [0.4, 0.5) is 0 Å². The maximum absolute atomic E-state index is 11.7. The molecule has 1 N–H and O–H groups in total. The van der Waals surface area contributed by atoms with Gasteiger partial charge in [-0.15, -0.1) is 12.4 Å². The molecule has 4 heteroatoms. The van der Waals surface area contributed by atoms with Gasteiger partial charge in [0.2, 0.25) is 5.91 Å². The van der Waals surface area contributed by atoms with Gasteiger partial charge in [-0.05, 0) is 31.5 Å². The number of carbonyl (C=O) groups excluding carboxylic acids is 1. The molecule has 0 unspecified atom stereocenters. The zero-order chi connectivity index (χ0) is 12.3. The first-order valence-corrected chi connectivity index (χ1v) is 6.17. The molecule has 1 aromatic rings. The fourth-order valence-electron chi connectivity index (χ4n) is 2.71. The average molecular weight is 269 g/mol. The SMILES string of the molecule is CC(=O)N(C)C1(c2ccccc2)CCNCC1.Cl. The van der Waals surface area contributed by atoms with Crippen LogP contribution in [0, 0.1) is 0 Å². The summed E-state index contributed by atoms with van der Waals surface area (Å²) < 4.78 is 0. The summed E-state index contributed by atoms with van der Waals surface area (Å²) in [5.74, 6) is 0.135. The van der Waals surface area contributed by atoms with Crippen LogP contribution < -0.4 is 5.32 Å². The Bertz CT molecular complexity index is 388. The Labute approximate surface area is 115 Å². The van der Waals surface area contributed by atoms with E-state index in [9.17, 15) is 4.79 Å². The number of benzene rings is 1. The standard InChI is InChI=1S/C14H20N2O.ClH/c1-12(17)16(2)14(8-10-15-11-9-14)13-6-4-3-5-7-13;/h3-7,15H,8-11H2,1-2H3;1H. The summed E-state index contributed by atoms with van der Waals surface area (Å²) in [5.41, 5.74) is 1.12. The Morgan fingerprint density at radius 1 is 1.22 bits per heavy atom. The molecule has 18 heavy (non-hydrogen) atoms. The second kappa shape index (κ2) is 6.21. The number of halogens is 1. The lowest BCUT2D eigenvalue weighted by molar-refractivity contribution is -0.134. The predicted molar refractivity (Wildman–Crippen MR) is 75.9 cm³/mol. The molecule has 0 bridgehead atoms. The van der Waals surface area contributed by atoms with Gasteiger partial charge < -0.3 is 10.2 Å². The first-order chi connectivity index (χ1) is 8.17. The Morgan fingerprint density at radius 2 is 1.78 bits per heavy atom. The predicted octanol–water partition coefficient (Wildman–Crippen LogP) is 2.17. The fourth-order valence-corrected chi connectivity index (χ4v) is 2.71. The van der Waals surface area contributed by atoms with Gasteiger partial charge in [-0.2, -0.15) is 0 Å². The van der Waals surface area contributed by atoms with Crippen LogP contribution in [-0.4, -0.2) is 30.9 Å². The number of nitrogens with one attached hydrogen (secondary N) is 1. The van der Waals surface area contributed by atoms with Crippen molar-refractivity contribution in [3.05, 3.63) is 35.9 Å². The number of rotatable bonds is 2. The average Bonchev–Trinajstić information content (AvgIpc) is 2.39. The summed E-state index contributed by atoms with van der Waals surface area (Å²) in [7, 11) is 1.92. The summed E-state index contributed by atoms with van der Waals surface area (Å²) in [6, 6.07) is 10.4. The summed E-state index contributed by atoms with van der Waals surface area (Å²) in [6.45, 7) is 3.58. The van der Waals surface area contributed by atoms with Crippen LogP contribution in [0.2, 0.25) is 0 Å². The fraction of sp³-hybridized carbons (Fsp3) is 0.500. The van der Waals surface area contributed by atoms with Gasteiger partial charge in [0.05, 0.1) is 5.54 Å². The summed E-state index contributed by atoms with van der Waals surface area (Å²) in [6.07, 6.45) is 1.96. The summed E-state index contributed by atoms with van der Waals surface area (Å²) >= 11 is 0. The van der Waals surface area contributed by atoms with E-state index in [-0.39, 0.29) is 23.9 Å². The van der Waals surface area contributed by atoms with Crippen molar-refractivity contribution in [1.82, 2.24) is 10.2 Å². The van der Waals surface area contributed by atoms with Crippen LogP contribution in [-0.2, 0) is 10.3 Å². The molecule has 3 nitrogen and oxygen atoms in total. The molecule has 1 amide bonds. The van der Waals surface area contributed by atoms with Gasteiger partial charge in [-0.1, -0.05) is 30.3 Å². The number of piperidine rings is 1. The van der Waals surface area contributed by atoms with Crippen LogP contribution >= 0.6 is 12.4 Å². The molecule has 1 heterocycles. The molecular formula is C14H21ClN2O. The minimum Gasteiger partial charge on any atom is -0.336 e. The van der Waals surface area contributed by atoms with Crippen LogP contribution in [0.25, 0.3) is 0 Å². The lowest BCUT2D eigenvalue weighted by Gasteiger charge is -2.45. The Hall–Kier alpha value is -1.06. The van der Waals surface area contributed by atoms with Crippen molar-refractivity contribution >= 4 is 18.3 Å². The van der Waals surface area contributed by atoms with E-state index < -0.39 is 0 Å². The molecule has 1 aliphatic heterocycles. The molecular weight excluding hydrogens is 248 g/mol. The van der Waals surface area contributed by atoms with E-state index in [1.54, 1.807) is 6.92 Å². The highest BCUT2D eigenvalue weighted by atomic mass is 35.5. The number of amides is 1. The lowest BCUT2D eigenvalue weighted by atomic mass is 9.80. The van der Waals surface area contributed by atoms with E-state index in [0.29, 0.717) is 0 Å². The highest BCUT2D eigenvalue weighted by molar-refractivity contribution is 5.85. The van der Waals surface area contributed by atoms with Crippen molar-refractivity contribution in [3.8, 4) is 0 Å². The molecule has 100 valence electrons. The number of nitrogens with zero attached hydrogens (tertiary/aromatic N) is 1. The minimum absolute atomic E-state index is 0. The van der Waals surface area contributed by atoms with E-state index >= 15 is 0 Å². The van der Waals surface area contributed by atoms with E-state index in [2.05, 4.69) is 17.4 Å². The molecule has 1 fully saturated rings. The number of hydrogen-bond donors (Lipinski definition) is 1. The molecule has 2 rings (SSSR count). The lowest BCUT2D eigenvalue weighted by Crippen LogP contribution is -2.52. The second-order valence-electron chi connectivity index (χ2n) is 4.73. The highest BCUT2D eigenvalue weighted by Crippen LogP contribution is 2.36. The third kappa shape index (κ3) is 2.68. The van der Waals surface area contributed by atoms with Crippen molar-refractivity contribution in [2.45, 2.75) is 25.3 Å². The number of hydrogen-bond acceptors (Lipinski definition) is 2. The van der Waals surface area contributed by atoms with Gasteiger partial charge in [0.15, 0.2) is 0 Å². The molecule has 0 radical (unpaired) electrons. The molecule has 0 aliphatic carbocycles. The molecule has 1 saturated heterocycles. The first-order valence-electron chi connectivity index (χ1n) is 6.17. The zero-order valence-electron chi connectivity index (χ0n) is 11.0. The van der Waals surface area contributed by atoms with E-state index in [0.717, 1.165) is 25.9 Å². The second-order valence-corrected chi connectivity index (χ2v) is 4.73. The molecule has 0 saturated carbocycles. The first kappa shape index (κ1) is 15.0. The normalized spacial score (nSPS) is 17.7. The maximum Gasteiger partial charge on any atom is 0.219 e. The Balaban J connectivity index is 0.00000162. The third-order valence-electron chi connectivity index (χ3n) is 3.86. The van der Waals surface area contributed by atoms with Gasteiger partial charge in [-0.25, -0.2) is 0 Å². The van der Waals surface area contributed by atoms with Crippen molar-refractivity contribution in [1.29, 1.82) is 0 Å². The molecule has 0 spiro atoms. The smallest absolute Gasteiger partial charge is 0.219 e. The van der Waals surface area contributed by atoms with Crippen molar-refractivity contribution in [3.63, 3.8) is 0 Å². The molecule has 0 atom stereocenters.